The van der Waals surface area contributed by atoms with Gasteiger partial charge in [0.1, 0.15) is 0 Å². The average Bonchev–Trinajstić information content (AvgIpc) is 2.64. The molecule has 0 aromatic heterocycles. The van der Waals surface area contributed by atoms with Crippen LogP contribution >= 0.6 is 0 Å². The van der Waals surface area contributed by atoms with E-state index < -0.39 is 0 Å². The molecule has 0 heterocycles. The maximum absolute atomic E-state index is 9.24. The maximum Gasteiger partial charge on any atom is 0.0806 e. The van der Waals surface area contributed by atoms with E-state index >= 15 is 0 Å². The smallest absolute Gasteiger partial charge is 0.0806 e. The number of nitrogens with zero attached hydrogens (tertiary/aromatic N) is 1. The van der Waals surface area contributed by atoms with Crippen LogP contribution < -0.4 is 0 Å². The summed E-state index contributed by atoms with van der Waals surface area (Å²) >= 11 is 0. The summed E-state index contributed by atoms with van der Waals surface area (Å²) in [5.74, 6) is 0. The molecule has 1 N–H and O–H groups in total. The van der Waals surface area contributed by atoms with E-state index in [1.807, 2.05) is 0 Å². The zero-order valence-corrected chi connectivity index (χ0v) is 18.7. The molecule has 0 unspecified atom stereocenters. The fourth-order valence-corrected chi connectivity index (χ4v) is 4.04. The molecule has 0 aromatic rings. The first-order chi connectivity index (χ1) is 12.7. The van der Waals surface area contributed by atoms with Gasteiger partial charge in [0.15, 0.2) is 0 Å². The van der Waals surface area contributed by atoms with Crippen LogP contribution in [0.5, 0.6) is 0 Å². The minimum absolute atomic E-state index is 0.350. The van der Waals surface area contributed by atoms with Gasteiger partial charge in [-0.25, -0.2) is 0 Å². The Balaban J connectivity index is 3.78. The summed E-state index contributed by atoms with van der Waals surface area (Å²) in [5.41, 5.74) is 0. The summed E-state index contributed by atoms with van der Waals surface area (Å²) in [7, 11) is 2.43. The Morgan fingerprint density at radius 1 is 0.462 bits per heavy atom. The second kappa shape index (κ2) is 19.7. The van der Waals surface area contributed by atoms with Gasteiger partial charge in [-0.1, -0.05) is 90.9 Å². The summed E-state index contributed by atoms with van der Waals surface area (Å²) in [4.78, 5) is 0. The number of quaternary nitrogens is 1. The van der Waals surface area contributed by atoms with Gasteiger partial charge in [-0.3, -0.25) is 0 Å². The Bertz CT molecular complexity index is 247. The molecule has 0 spiro atoms. The van der Waals surface area contributed by atoms with Crippen molar-refractivity contribution >= 4 is 0 Å². The molecule has 0 rings (SSSR count). The Kier molecular flexibility index (Phi) is 19.6. The Morgan fingerprint density at radius 3 is 1.12 bits per heavy atom. The number of hydrogen-bond donors (Lipinski definition) is 1. The van der Waals surface area contributed by atoms with E-state index in [-0.39, 0.29) is 0 Å². The minimum Gasteiger partial charge on any atom is -0.396 e. The first-order valence-corrected chi connectivity index (χ1v) is 12.1. The van der Waals surface area contributed by atoms with Crippen LogP contribution in [0.4, 0.5) is 0 Å². The van der Waals surface area contributed by atoms with E-state index in [0.717, 1.165) is 13.0 Å². The molecule has 0 saturated heterocycles. The Morgan fingerprint density at radius 2 is 0.769 bits per heavy atom. The van der Waals surface area contributed by atoms with Gasteiger partial charge in [-0.05, 0) is 25.7 Å². The second-order valence-corrected chi connectivity index (χ2v) is 8.82. The highest BCUT2D eigenvalue weighted by Crippen LogP contribution is 2.15. The minimum atomic E-state index is 0.350. The molecule has 0 aliphatic carbocycles. The summed E-state index contributed by atoms with van der Waals surface area (Å²) < 4.78 is 1.19. The van der Waals surface area contributed by atoms with Gasteiger partial charge in [0.2, 0.25) is 0 Å². The predicted molar refractivity (Wildman–Crippen MR) is 118 cm³/mol. The van der Waals surface area contributed by atoms with Crippen molar-refractivity contribution in [2.24, 2.45) is 0 Å². The van der Waals surface area contributed by atoms with Gasteiger partial charge < -0.3 is 9.59 Å². The van der Waals surface area contributed by atoms with Gasteiger partial charge in [0, 0.05) is 13.0 Å². The van der Waals surface area contributed by atoms with Crippen molar-refractivity contribution < 1.29 is 9.59 Å². The highest BCUT2D eigenvalue weighted by atomic mass is 16.3. The normalized spacial score (nSPS) is 12.0. The zero-order valence-electron chi connectivity index (χ0n) is 18.7. The Labute approximate surface area is 166 Å². The molecule has 2 nitrogen and oxygen atoms in total. The summed E-state index contributed by atoms with van der Waals surface area (Å²) in [6.45, 7) is 8.71. The van der Waals surface area contributed by atoms with E-state index in [1.54, 1.807) is 0 Å². The van der Waals surface area contributed by atoms with Crippen molar-refractivity contribution in [2.45, 2.75) is 123 Å². The fraction of sp³-hybridized carbons (Fsp3) is 1.00. The molecule has 0 fully saturated rings. The molecule has 0 aliphatic rings. The van der Waals surface area contributed by atoms with E-state index in [1.165, 1.54) is 120 Å². The number of aliphatic hydroxyl groups is 1. The lowest BCUT2D eigenvalue weighted by Gasteiger charge is -2.35. The van der Waals surface area contributed by atoms with Gasteiger partial charge in [0.25, 0.3) is 0 Å². The average molecular weight is 371 g/mol. The molecular formula is C24H52NO+. The van der Waals surface area contributed by atoms with Crippen molar-refractivity contribution in [2.75, 3.05) is 33.3 Å². The van der Waals surface area contributed by atoms with E-state index in [9.17, 15) is 5.11 Å². The van der Waals surface area contributed by atoms with E-state index in [2.05, 4.69) is 20.9 Å². The van der Waals surface area contributed by atoms with Crippen LogP contribution in [0.1, 0.15) is 123 Å². The zero-order chi connectivity index (χ0) is 19.3. The molecule has 26 heavy (non-hydrogen) atoms. The highest BCUT2D eigenvalue weighted by molar-refractivity contribution is 4.50. The van der Waals surface area contributed by atoms with Gasteiger partial charge in [-0.2, -0.15) is 0 Å². The molecule has 0 atom stereocenters. The van der Waals surface area contributed by atoms with Crippen LogP contribution in [0.25, 0.3) is 0 Å². The summed E-state index contributed by atoms with van der Waals surface area (Å²) in [6.07, 6.45) is 23.4. The van der Waals surface area contributed by atoms with Crippen LogP contribution in [-0.4, -0.2) is 42.9 Å². The topological polar surface area (TPSA) is 20.2 Å². The van der Waals surface area contributed by atoms with Crippen LogP contribution in [-0.2, 0) is 0 Å². The number of unbranched alkanes of at least 4 members (excludes halogenated alkanes) is 14. The molecule has 0 aromatic carbocycles. The quantitative estimate of drug-likeness (QED) is 0.169. The first-order valence-electron chi connectivity index (χ1n) is 12.1. The van der Waals surface area contributed by atoms with E-state index in [0.29, 0.717) is 6.61 Å². The predicted octanol–water partition coefficient (Wildman–Crippen LogP) is 7.10. The number of rotatable bonds is 21. The lowest BCUT2D eigenvalue weighted by molar-refractivity contribution is -0.910. The molecule has 0 amide bonds. The lowest BCUT2D eigenvalue weighted by atomic mass is 10.1. The van der Waals surface area contributed by atoms with Crippen LogP contribution in [0.3, 0.4) is 0 Å². The fourth-order valence-electron chi connectivity index (χ4n) is 4.04. The maximum atomic E-state index is 9.24. The third kappa shape index (κ3) is 17.3. The molecule has 158 valence electrons. The van der Waals surface area contributed by atoms with E-state index in [4.69, 9.17) is 0 Å². The number of aliphatic hydroxyl groups excluding tert-OH is 1. The molecule has 0 bridgehead atoms. The molecular weight excluding hydrogens is 318 g/mol. The van der Waals surface area contributed by atoms with Crippen molar-refractivity contribution in [3.8, 4) is 0 Å². The second-order valence-electron chi connectivity index (χ2n) is 8.82. The Hall–Kier alpha value is -0.0800. The van der Waals surface area contributed by atoms with Gasteiger partial charge in [-0.15, -0.1) is 0 Å². The number of hydrogen-bond acceptors (Lipinski definition) is 1. The third-order valence-corrected chi connectivity index (χ3v) is 5.96. The van der Waals surface area contributed by atoms with Gasteiger partial charge >= 0.3 is 0 Å². The molecule has 2 heteroatoms. The van der Waals surface area contributed by atoms with Crippen LogP contribution in [0.2, 0.25) is 0 Å². The van der Waals surface area contributed by atoms with Crippen LogP contribution in [0.15, 0.2) is 0 Å². The van der Waals surface area contributed by atoms with Crippen molar-refractivity contribution in [3.05, 3.63) is 0 Å². The largest absolute Gasteiger partial charge is 0.396 e. The molecule has 0 radical (unpaired) electrons. The van der Waals surface area contributed by atoms with Crippen molar-refractivity contribution in [3.63, 3.8) is 0 Å². The lowest BCUT2D eigenvalue weighted by Crippen LogP contribution is -2.46. The molecule has 0 saturated carbocycles. The highest BCUT2D eigenvalue weighted by Gasteiger charge is 2.19. The summed E-state index contributed by atoms with van der Waals surface area (Å²) in [5, 5.41) is 9.24. The van der Waals surface area contributed by atoms with Crippen molar-refractivity contribution in [1.82, 2.24) is 0 Å². The van der Waals surface area contributed by atoms with Crippen molar-refractivity contribution in [1.29, 1.82) is 0 Å². The standard InChI is InChI=1S/C24H52NO/c1-4-6-8-10-12-14-16-18-21-25(3,23-20-24-26)22-19-17-15-13-11-9-7-5-2/h26H,4-24H2,1-3H3/q+1. The third-order valence-electron chi connectivity index (χ3n) is 5.96. The van der Waals surface area contributed by atoms with Crippen LogP contribution in [0, 0.1) is 0 Å². The SMILES string of the molecule is CCCCCCCCCC[N+](C)(CCCO)CCCCCCCCCC. The van der Waals surface area contributed by atoms with Gasteiger partial charge in [0.05, 0.1) is 26.7 Å². The summed E-state index contributed by atoms with van der Waals surface area (Å²) in [6, 6.07) is 0. The monoisotopic (exact) mass is 370 g/mol. The first kappa shape index (κ1) is 25.9. The molecule has 0 aliphatic heterocycles.